The van der Waals surface area contributed by atoms with E-state index in [0.29, 0.717) is 0 Å². The summed E-state index contributed by atoms with van der Waals surface area (Å²) in [5.41, 5.74) is 76.0. The van der Waals surface area contributed by atoms with E-state index in [2.05, 4.69) is 360 Å². The topological polar surface area (TPSA) is 0 Å². The monoisotopic (exact) mass is 1500 g/mol. The van der Waals surface area contributed by atoms with Gasteiger partial charge < -0.3 is 0 Å². The zero-order valence-electron chi connectivity index (χ0n) is 73.4. The molecule has 7 aliphatic carbocycles. The molecule has 0 nitrogen and oxygen atoms in total. The normalized spacial score (nSPS) is 12.5. The van der Waals surface area contributed by atoms with Crippen molar-refractivity contribution >= 4 is 0 Å². The molecular formula is C115H118. The summed E-state index contributed by atoms with van der Waals surface area (Å²) in [6.45, 7) is 53.5. The molecule has 578 valence electrons. The molecule has 0 fully saturated rings. The highest BCUT2D eigenvalue weighted by atomic mass is 14.3. The summed E-state index contributed by atoms with van der Waals surface area (Å²) in [5, 5.41) is 0. The van der Waals surface area contributed by atoms with E-state index in [4.69, 9.17) is 0 Å². The van der Waals surface area contributed by atoms with Crippen LogP contribution in [0.25, 0.3) is 77.9 Å². The van der Waals surface area contributed by atoms with E-state index in [1.807, 2.05) is 0 Å². The average molecular weight is 1500 g/mol. The fourth-order valence-electron chi connectivity index (χ4n) is 20.3. The smallest absolute Gasteiger partial charge is 0.00106 e. The fourth-order valence-corrected chi connectivity index (χ4v) is 20.3. The molecule has 0 heterocycles. The maximum Gasteiger partial charge on any atom is -0.00106 e. The number of hydrogen-bond acceptors (Lipinski definition) is 0. The second-order valence-electron chi connectivity index (χ2n) is 35.1. The Hall–Kier alpha value is -10.9. The first-order chi connectivity index (χ1) is 55.0. The largest absolute Gasteiger partial charge is 0.0619 e. The number of aryl methyl sites for hydroxylation is 13. The van der Waals surface area contributed by atoms with E-state index in [-0.39, 0.29) is 0 Å². The Morgan fingerprint density at radius 3 is 1.13 bits per heavy atom. The summed E-state index contributed by atoms with van der Waals surface area (Å²) in [4.78, 5) is 0. The van der Waals surface area contributed by atoms with Crippen molar-refractivity contribution in [3.63, 3.8) is 0 Å². The fraction of sp³-hybridized carbons (Fsp3) is 0.270. The van der Waals surface area contributed by atoms with Gasteiger partial charge in [0.05, 0.1) is 0 Å². The highest BCUT2D eigenvalue weighted by Crippen LogP contribution is 2.49. The molecule has 0 unspecified atom stereocenters. The van der Waals surface area contributed by atoms with Crippen LogP contribution in [-0.2, 0) is 44.9 Å². The van der Waals surface area contributed by atoms with Gasteiger partial charge in [0.2, 0.25) is 0 Å². The van der Waals surface area contributed by atoms with Crippen LogP contribution in [0.2, 0.25) is 0 Å². The maximum absolute atomic E-state index is 2.36. The third kappa shape index (κ3) is 14.4. The lowest BCUT2D eigenvalue weighted by atomic mass is 9.89. The Labute approximate surface area is 689 Å². The van der Waals surface area contributed by atoms with E-state index >= 15 is 0 Å². The van der Waals surface area contributed by atoms with Gasteiger partial charge in [-0.2, -0.15) is 0 Å². The molecule has 0 heteroatoms. The van der Waals surface area contributed by atoms with Crippen LogP contribution in [0, 0.1) is 166 Å². The van der Waals surface area contributed by atoms with Gasteiger partial charge in [0.25, 0.3) is 0 Å². The molecule has 115 heavy (non-hydrogen) atoms. The molecule has 14 aromatic rings. The minimum absolute atomic E-state index is 1.10. The van der Waals surface area contributed by atoms with Crippen LogP contribution in [0.1, 0.15) is 211 Å². The summed E-state index contributed by atoms with van der Waals surface area (Å²) < 4.78 is 0. The summed E-state index contributed by atoms with van der Waals surface area (Å²) in [7, 11) is 0. The van der Waals surface area contributed by atoms with Crippen LogP contribution >= 0.6 is 0 Å². The molecule has 0 bridgehead atoms. The van der Waals surface area contributed by atoms with Crippen molar-refractivity contribution in [1.82, 2.24) is 0 Å². The molecule has 0 aromatic heterocycles. The number of rotatable bonds is 0. The molecule has 0 N–H and O–H groups in total. The second-order valence-corrected chi connectivity index (χ2v) is 35.1. The van der Waals surface area contributed by atoms with Crippen LogP contribution in [-0.4, -0.2) is 0 Å². The summed E-state index contributed by atoms with van der Waals surface area (Å²) in [6, 6.07) is 71.9. The lowest BCUT2D eigenvalue weighted by molar-refractivity contribution is 1.15. The highest BCUT2D eigenvalue weighted by molar-refractivity contribution is 5.88. The van der Waals surface area contributed by atoms with Gasteiger partial charge in [-0.25, -0.2) is 0 Å². The van der Waals surface area contributed by atoms with E-state index in [0.717, 1.165) is 44.9 Å². The molecule has 0 aliphatic heterocycles. The van der Waals surface area contributed by atoms with Crippen LogP contribution in [0.15, 0.2) is 194 Å². The number of benzene rings is 14. The summed E-state index contributed by atoms with van der Waals surface area (Å²) in [6.07, 6.45) is 7.75. The average Bonchev–Trinajstić information content (AvgIpc) is 1.61. The predicted molar refractivity (Wildman–Crippen MR) is 496 cm³/mol. The minimum Gasteiger partial charge on any atom is -0.0619 e. The zero-order valence-corrected chi connectivity index (χ0v) is 73.4. The van der Waals surface area contributed by atoms with E-state index in [9.17, 15) is 0 Å². The van der Waals surface area contributed by atoms with E-state index < -0.39 is 0 Å². The van der Waals surface area contributed by atoms with Crippen molar-refractivity contribution in [2.75, 3.05) is 0 Å². The highest BCUT2D eigenvalue weighted by Gasteiger charge is 2.30. The first kappa shape index (κ1) is 79.3. The zero-order chi connectivity index (χ0) is 81.6. The lowest BCUT2D eigenvalue weighted by Crippen LogP contribution is -1.98. The molecule has 14 aromatic carbocycles. The molecule has 0 radical (unpaired) electrons. The van der Waals surface area contributed by atoms with Gasteiger partial charge in [-0.3, -0.25) is 0 Å². The van der Waals surface area contributed by atoms with Crippen molar-refractivity contribution in [3.05, 3.63) is 406 Å². The van der Waals surface area contributed by atoms with Crippen LogP contribution in [0.5, 0.6) is 0 Å². The molecule has 0 spiro atoms. The molecule has 0 amide bonds. The van der Waals surface area contributed by atoms with Gasteiger partial charge in [-0.1, -0.05) is 205 Å². The van der Waals surface area contributed by atoms with Gasteiger partial charge in [-0.05, 0) is 489 Å². The van der Waals surface area contributed by atoms with Gasteiger partial charge in [-0.15, -0.1) is 0 Å². The molecule has 0 saturated carbocycles. The standard InChI is InChI=1S/3C17H18.4C16H16/c1-10-5-6-14-9-15-12(3)8-11(2)13(4)17(15)16(14)7-10;1-10-6-5-7-14-9-15-12(3)8-11(2)13(4)17(15)16(10)14;1-10-11(2)13(4)17-15-8-6-5-7-14(15)9-16(17)12(10)3;1-10-4-7-15-14(8-10)9-13-6-5-11(2)12(3)16(13)15;1-10-7-8-13-9-15-11(2)5-4-6-14(15)16(13)12(10)3;1-10-7-8-14-9-13-6-4-5-11(2)15(13)16(14)12(10)3;1-10-8-14-9-13-6-4-5-7-15(13)16(14)12(3)11(10)2/h3*5-8H,9H2,1-4H3;4*4-8H,9H2,1-3H3. The van der Waals surface area contributed by atoms with Crippen molar-refractivity contribution < 1.29 is 0 Å². The van der Waals surface area contributed by atoms with Crippen molar-refractivity contribution in [3.8, 4) is 77.9 Å². The first-order valence-electron chi connectivity index (χ1n) is 42.3. The number of fused-ring (bicyclic) bond motifs is 21. The molecular weight excluding hydrogens is 1380 g/mol. The number of hydrogen-bond donors (Lipinski definition) is 0. The first-order valence-corrected chi connectivity index (χ1v) is 42.3. The summed E-state index contributed by atoms with van der Waals surface area (Å²) in [5.74, 6) is 0. The van der Waals surface area contributed by atoms with E-state index in [1.165, 1.54) is 284 Å². The summed E-state index contributed by atoms with van der Waals surface area (Å²) >= 11 is 0. The third-order valence-corrected chi connectivity index (χ3v) is 28.0. The molecule has 21 rings (SSSR count). The SMILES string of the molecule is Cc1c(C)c(C)c2c(c1C)Cc1ccccc1-2.Cc1cc(C)c2c(c1C)-c1c(C)cccc1C2.Cc1cc2c(c(C)c1C)-c1ccccc1C2.Cc1ccc2c(c1)-c1c(C)c(C)cc(C)c1C2.Cc1ccc2c(c1)Cc1ccc(C)c(C)c1-2.Cc1ccc2c(c1C)-c1c(C)cccc1C2.Cc1ccc2c(c1C)-c1cccc(C)c1C2. The molecule has 0 atom stereocenters. The van der Waals surface area contributed by atoms with Crippen LogP contribution in [0.3, 0.4) is 0 Å². The van der Waals surface area contributed by atoms with Gasteiger partial charge in [0.1, 0.15) is 0 Å². The van der Waals surface area contributed by atoms with Crippen LogP contribution in [0.4, 0.5) is 0 Å². The minimum atomic E-state index is 1.10. The maximum atomic E-state index is 2.36. The van der Waals surface area contributed by atoms with Crippen molar-refractivity contribution in [1.29, 1.82) is 0 Å². The Morgan fingerprint density at radius 2 is 0.496 bits per heavy atom. The Morgan fingerprint density at radius 1 is 0.139 bits per heavy atom. The molecule has 0 saturated heterocycles. The Balaban J connectivity index is 0.000000106. The quantitative estimate of drug-likeness (QED) is 0.142. The van der Waals surface area contributed by atoms with Crippen molar-refractivity contribution in [2.45, 2.75) is 211 Å². The van der Waals surface area contributed by atoms with Crippen LogP contribution < -0.4 is 0 Å². The van der Waals surface area contributed by atoms with Gasteiger partial charge in [0, 0.05) is 0 Å². The second kappa shape index (κ2) is 31.7. The molecule has 7 aliphatic rings. The van der Waals surface area contributed by atoms with Gasteiger partial charge >= 0.3 is 0 Å². The lowest BCUT2D eigenvalue weighted by Gasteiger charge is -2.16. The Kier molecular flexibility index (Phi) is 21.9. The van der Waals surface area contributed by atoms with E-state index in [1.54, 1.807) is 5.56 Å². The third-order valence-electron chi connectivity index (χ3n) is 28.0. The predicted octanol–water partition coefficient (Wildman–Crippen LogP) is 30.2. The van der Waals surface area contributed by atoms with Gasteiger partial charge in [0.15, 0.2) is 0 Å². The Bertz CT molecular complexity index is 6320. The van der Waals surface area contributed by atoms with Crippen molar-refractivity contribution in [2.24, 2.45) is 0 Å².